The molecule has 0 saturated heterocycles. The van der Waals surface area contributed by atoms with Crippen molar-refractivity contribution in [1.82, 2.24) is 9.97 Å². The Morgan fingerprint density at radius 2 is 1.57 bits per heavy atom. The summed E-state index contributed by atoms with van der Waals surface area (Å²) in [5.74, 6) is -2.42. The van der Waals surface area contributed by atoms with E-state index in [1.807, 2.05) is 4.98 Å². The number of anilines is 1. The summed E-state index contributed by atoms with van der Waals surface area (Å²) in [6, 6.07) is 15.9. The number of amides is 1. The molecule has 1 heterocycles. The number of para-hydroxylation sites is 2. The third kappa shape index (κ3) is 11.2. The van der Waals surface area contributed by atoms with Gasteiger partial charge in [0.2, 0.25) is 11.8 Å². The fourth-order valence-electron chi connectivity index (χ4n) is 4.33. The van der Waals surface area contributed by atoms with Gasteiger partial charge in [0.05, 0.1) is 34.8 Å². The monoisotopic (exact) mass is 785 g/mol. The van der Waals surface area contributed by atoms with E-state index >= 15 is 0 Å². The Bertz CT molecular complexity index is 2550. The van der Waals surface area contributed by atoms with Crippen molar-refractivity contribution in [1.29, 1.82) is 5.26 Å². The van der Waals surface area contributed by atoms with Crippen LogP contribution in [0.5, 0.6) is 17.5 Å². The molecule has 0 unspecified atom stereocenters. The van der Waals surface area contributed by atoms with Crippen LogP contribution in [0.1, 0.15) is 10.4 Å². The van der Waals surface area contributed by atoms with E-state index < -0.39 is 70.1 Å². The minimum absolute atomic E-state index is 0. The topological polar surface area (TPSA) is 310 Å². The Balaban J connectivity index is 0.00000324. The fourth-order valence-corrected chi connectivity index (χ4v) is 5.65. The second kappa shape index (κ2) is 19.1. The van der Waals surface area contributed by atoms with Crippen LogP contribution >= 0.6 is 0 Å². The molecule has 0 spiro atoms. The van der Waals surface area contributed by atoms with Crippen molar-refractivity contribution in [3.63, 3.8) is 0 Å². The number of carbonyl (C=O) groups excluding carboxylic acids is 1. The number of carbonyl (C=O) groups is 1. The summed E-state index contributed by atoms with van der Waals surface area (Å²) in [7, 11) is -9.03. The first-order chi connectivity index (χ1) is 23.7. The Morgan fingerprint density at radius 3 is 2.17 bits per heavy atom. The normalized spacial score (nSPS) is 11.7. The van der Waals surface area contributed by atoms with Crippen LogP contribution in [0.2, 0.25) is 0 Å². The van der Waals surface area contributed by atoms with Crippen LogP contribution < -0.4 is 115 Å². The number of ether oxygens (including phenoxy) is 1. The first-order valence-corrected chi connectivity index (χ1v) is 16.4. The number of H-pyrrole nitrogens is 1. The number of nitriles is 1. The van der Waals surface area contributed by atoms with Crippen LogP contribution in [-0.4, -0.2) is 48.9 Å². The fraction of sp³-hybridized carbons (Fsp3) is 0.0345. The van der Waals surface area contributed by atoms with Crippen molar-refractivity contribution < 1.29 is 134 Å². The zero-order valence-corrected chi connectivity index (χ0v) is 35.6. The first kappa shape index (κ1) is 45.6. The second-order valence-electron chi connectivity index (χ2n) is 9.77. The van der Waals surface area contributed by atoms with Crippen LogP contribution in [0.4, 0.5) is 28.4 Å². The van der Waals surface area contributed by atoms with E-state index in [0.717, 1.165) is 18.2 Å². The number of methoxy groups -OCH3 is 1. The largest absolute Gasteiger partial charge is 1.00 e. The predicted molar refractivity (Wildman–Crippen MR) is 166 cm³/mol. The van der Waals surface area contributed by atoms with E-state index in [2.05, 4.69) is 35.8 Å². The van der Waals surface area contributed by atoms with Crippen molar-refractivity contribution in [3.8, 4) is 23.7 Å². The van der Waals surface area contributed by atoms with Gasteiger partial charge in [-0.15, -0.1) is 15.2 Å². The summed E-state index contributed by atoms with van der Waals surface area (Å²) in [6.07, 6.45) is 1.33. The molecule has 0 aliphatic heterocycles. The summed E-state index contributed by atoms with van der Waals surface area (Å²) < 4.78 is 75.3. The molecule has 0 aliphatic rings. The molecule has 53 heavy (non-hydrogen) atoms. The molecular formula is C29H18N9Na3O10S2. The van der Waals surface area contributed by atoms with Gasteiger partial charge in [-0.25, -0.2) is 13.4 Å². The quantitative estimate of drug-likeness (QED) is 0.0545. The molecule has 5 aromatic rings. The third-order valence-corrected chi connectivity index (χ3v) is 8.27. The molecule has 1 aromatic heterocycles. The molecular weight excluding hydrogens is 767 g/mol. The van der Waals surface area contributed by atoms with E-state index in [4.69, 9.17) is 10.00 Å². The molecule has 3 N–H and O–H groups in total. The molecule has 5 rings (SSSR count). The number of aromatic nitrogens is 2. The number of rotatable bonds is 9. The van der Waals surface area contributed by atoms with E-state index in [1.54, 1.807) is 24.3 Å². The van der Waals surface area contributed by atoms with Gasteiger partial charge in [-0.2, -0.15) is 23.9 Å². The van der Waals surface area contributed by atoms with Gasteiger partial charge >= 0.3 is 88.7 Å². The van der Waals surface area contributed by atoms with Crippen molar-refractivity contribution in [3.05, 3.63) is 84.0 Å². The smallest absolute Gasteiger partial charge is 0.859 e. The molecule has 0 fully saturated rings. The Kier molecular flexibility index (Phi) is 16.4. The average molecular weight is 786 g/mol. The first-order valence-electron chi connectivity index (χ1n) is 13.5. The zero-order chi connectivity index (χ0) is 36.2. The number of nitrogens with zero attached hydrogens (tertiary/aromatic N) is 7. The van der Waals surface area contributed by atoms with Crippen molar-refractivity contribution in [2.75, 3.05) is 12.4 Å². The molecule has 0 atom stereocenters. The van der Waals surface area contributed by atoms with E-state index in [-0.39, 0.29) is 111 Å². The van der Waals surface area contributed by atoms with E-state index in [1.165, 1.54) is 37.6 Å². The van der Waals surface area contributed by atoms with Crippen molar-refractivity contribution >= 4 is 65.4 Å². The summed E-state index contributed by atoms with van der Waals surface area (Å²) >= 11 is 0. The molecule has 4 aromatic carbocycles. The predicted octanol–water partition coefficient (Wildman–Crippen LogP) is -5.65. The SMILES string of the molecule is COc1ccccc1NC(=O)c1ccc(N=Nc2cc(N=Nc3c([O-])nc(=NC#N)[nH]c3[O-])c3cc(S(=O)(=O)[O-])cc(S(=O)(=O)O)c3c2)cc1.[Na+].[Na+].[Na+]. The van der Waals surface area contributed by atoms with Crippen LogP contribution in [0.15, 0.2) is 108 Å². The molecule has 0 bridgehead atoms. The average Bonchev–Trinajstić information content (AvgIpc) is 3.06. The summed E-state index contributed by atoms with van der Waals surface area (Å²) in [6.45, 7) is 0. The van der Waals surface area contributed by atoms with Gasteiger partial charge in [0.15, 0.2) is 0 Å². The minimum Gasteiger partial charge on any atom is -0.859 e. The van der Waals surface area contributed by atoms with Gasteiger partial charge in [-0.05, 0) is 66.5 Å². The third-order valence-electron chi connectivity index (χ3n) is 6.56. The van der Waals surface area contributed by atoms with Gasteiger partial charge in [-0.1, -0.05) is 12.1 Å². The van der Waals surface area contributed by atoms with Crippen molar-refractivity contribution in [2.45, 2.75) is 9.79 Å². The Morgan fingerprint density at radius 1 is 0.906 bits per heavy atom. The Hall–Kier alpha value is -3.60. The molecule has 0 aliphatic carbocycles. The minimum atomic E-state index is -5.30. The van der Waals surface area contributed by atoms with Crippen molar-refractivity contribution in [2.24, 2.45) is 25.4 Å². The summed E-state index contributed by atoms with van der Waals surface area (Å²) in [4.78, 5) is 19.2. The number of hydrogen-bond acceptors (Lipinski definition) is 16. The Labute approximate surface area is 366 Å². The van der Waals surface area contributed by atoms with Crippen LogP contribution in [0.3, 0.4) is 0 Å². The number of nitrogens with one attached hydrogen (secondary N) is 2. The maximum absolute atomic E-state index is 12.8. The molecule has 24 heteroatoms. The van der Waals surface area contributed by atoms with Crippen LogP contribution in [0, 0.1) is 11.5 Å². The molecule has 254 valence electrons. The van der Waals surface area contributed by atoms with Gasteiger partial charge in [0.25, 0.3) is 16.0 Å². The standard InChI is InChI=1S/C29H21N9O10S2.3Na/c1-48-23-5-3-2-4-21(23)32-26(39)15-6-8-16(9-7-15)35-36-17-10-20-19(12-18(49(42,43)44)13-24(20)50(45,46)47)22(11-17)37-38-25-27(40)33-29(31-14-30)34-28(25)41;;;/h2-13H,1H3,(H,32,39)(H,42,43,44)(H,45,46,47)(H3,31,33,34,40,41);;;/q;3*+1/p-3. The summed E-state index contributed by atoms with van der Waals surface area (Å²) in [5, 5.41) is 50.8. The molecule has 1 amide bonds. The number of benzene rings is 4. The number of azo groups is 2. The molecule has 0 radical (unpaired) electrons. The number of aromatic amines is 1. The van der Waals surface area contributed by atoms with Gasteiger partial charge in [0, 0.05) is 22.2 Å². The van der Waals surface area contributed by atoms with Crippen LogP contribution in [0.25, 0.3) is 10.8 Å². The van der Waals surface area contributed by atoms with E-state index in [0.29, 0.717) is 17.5 Å². The van der Waals surface area contributed by atoms with Gasteiger partial charge < -0.3 is 29.8 Å². The zero-order valence-electron chi connectivity index (χ0n) is 28.0. The van der Waals surface area contributed by atoms with Gasteiger partial charge in [-0.3, -0.25) is 9.35 Å². The summed E-state index contributed by atoms with van der Waals surface area (Å²) in [5.41, 5.74) is -1.20. The number of hydrogen-bond donors (Lipinski definition) is 3. The molecule has 0 saturated carbocycles. The maximum Gasteiger partial charge on any atom is 1.00 e. The van der Waals surface area contributed by atoms with Crippen LogP contribution in [-0.2, 0) is 20.2 Å². The maximum atomic E-state index is 12.8. The van der Waals surface area contributed by atoms with E-state index in [9.17, 15) is 40.9 Å². The second-order valence-corrected chi connectivity index (χ2v) is 12.5. The van der Waals surface area contributed by atoms with Gasteiger partial charge in [0.1, 0.15) is 26.5 Å². The number of fused-ring (bicyclic) bond motifs is 1. The molecule has 19 nitrogen and oxygen atoms in total.